The largest absolute Gasteiger partial charge is 0.393 e. The molecule has 1 atom stereocenters. The van der Waals surface area contributed by atoms with Crippen LogP contribution >= 0.6 is 11.6 Å². The van der Waals surface area contributed by atoms with E-state index in [1.807, 2.05) is 18.3 Å². The minimum absolute atomic E-state index is 0.0979. The van der Waals surface area contributed by atoms with E-state index in [0.717, 1.165) is 40.7 Å². The number of aryl methyl sites for hydroxylation is 2. The Hall–Kier alpha value is -3.26. The number of nitrogens with one attached hydrogen (secondary N) is 1. The number of hydrogen-bond acceptors (Lipinski definition) is 5. The summed E-state index contributed by atoms with van der Waals surface area (Å²) < 4.78 is 0. The highest BCUT2D eigenvalue weighted by atomic mass is 35.5. The smallest absolute Gasteiger partial charge is 0.255 e. The molecule has 8 heteroatoms. The molecule has 0 radical (unpaired) electrons. The molecule has 2 aromatic carbocycles. The molecule has 2 fully saturated rings. The summed E-state index contributed by atoms with van der Waals surface area (Å²) in [6.07, 6.45) is 10.2. The number of H-pyrrole nitrogens is 1. The third kappa shape index (κ3) is 5.27. The van der Waals surface area contributed by atoms with Crippen molar-refractivity contribution < 1.29 is 9.90 Å². The minimum atomic E-state index is -0.332. The van der Waals surface area contributed by atoms with E-state index in [2.05, 4.69) is 39.4 Å². The summed E-state index contributed by atoms with van der Waals surface area (Å²) in [6, 6.07) is 15.3. The van der Waals surface area contributed by atoms with Crippen molar-refractivity contribution in [1.82, 2.24) is 25.0 Å². The molecule has 1 aliphatic carbocycles. The molecule has 2 aromatic heterocycles. The minimum Gasteiger partial charge on any atom is -0.393 e. The van der Waals surface area contributed by atoms with Gasteiger partial charge in [0, 0.05) is 41.8 Å². The summed E-state index contributed by atoms with van der Waals surface area (Å²) in [5.74, 6) is -0.0979. The molecule has 4 heterocycles. The number of aromatic nitrogens is 3. The molecule has 2 saturated heterocycles. The van der Waals surface area contributed by atoms with Crippen LogP contribution in [0.5, 0.6) is 0 Å². The predicted molar refractivity (Wildman–Crippen MR) is 162 cm³/mol. The van der Waals surface area contributed by atoms with E-state index in [4.69, 9.17) is 16.6 Å². The number of hydrogen-bond donors (Lipinski definition) is 2. The molecule has 4 aromatic rings. The quantitative estimate of drug-likeness (QED) is 0.300. The predicted octanol–water partition coefficient (Wildman–Crippen LogP) is 5.89. The molecule has 1 amide bonds. The number of likely N-dealkylation sites (tertiary alicyclic amines) is 2. The lowest BCUT2D eigenvalue weighted by Gasteiger charge is -2.29. The lowest BCUT2D eigenvalue weighted by molar-refractivity contribution is 0.0546. The van der Waals surface area contributed by atoms with Crippen LogP contribution in [0.2, 0.25) is 5.02 Å². The molecule has 0 spiro atoms. The van der Waals surface area contributed by atoms with Crippen molar-refractivity contribution in [1.29, 1.82) is 0 Å². The summed E-state index contributed by atoms with van der Waals surface area (Å²) in [4.78, 5) is 22.2. The SMILES string of the molecule is O=C(c1ccc(-c2n[nH]c3ncc(-c4ccc5c(c4)CC[C@@H](N4CCCC4)CC5)cc23)cc1Cl)N1CCC(O)CC1. The fourth-order valence-electron chi connectivity index (χ4n) is 6.90. The van der Waals surface area contributed by atoms with Gasteiger partial charge in [0.25, 0.3) is 5.91 Å². The number of piperidine rings is 1. The number of rotatable bonds is 4. The van der Waals surface area contributed by atoms with Gasteiger partial charge in [0.1, 0.15) is 5.69 Å². The van der Waals surface area contributed by atoms with Crippen LogP contribution < -0.4 is 0 Å². The first-order valence-electron chi connectivity index (χ1n) is 15.0. The van der Waals surface area contributed by atoms with E-state index >= 15 is 0 Å². The summed E-state index contributed by atoms with van der Waals surface area (Å²) in [5, 5.41) is 18.7. The third-order valence-electron chi connectivity index (χ3n) is 9.33. The second-order valence-electron chi connectivity index (χ2n) is 11.9. The Morgan fingerprint density at radius 3 is 2.41 bits per heavy atom. The Bertz CT molecular complexity index is 1590. The van der Waals surface area contributed by atoms with Gasteiger partial charge in [-0.2, -0.15) is 5.10 Å². The number of aromatic amines is 1. The van der Waals surface area contributed by atoms with Crippen molar-refractivity contribution in [3.05, 3.63) is 70.4 Å². The van der Waals surface area contributed by atoms with Crippen LogP contribution in [-0.2, 0) is 12.8 Å². The first kappa shape index (κ1) is 26.6. The number of amides is 1. The standard InChI is InChI=1S/C33H36ClN5O2/c34-30-19-24(7-10-28(30)33(41)39-15-11-27(40)12-16-39)31-29-18-25(20-35-32(29)37-36-31)23-4-3-21-5-8-26(9-6-22(21)17-23)38-13-1-2-14-38/h3-4,7,10,17-20,26-27,40H,1-2,5-6,8-9,11-16H2,(H,35,36,37)/t26-/m0/s1. The van der Waals surface area contributed by atoms with Gasteiger partial charge in [-0.05, 0) is 99.3 Å². The van der Waals surface area contributed by atoms with Crippen LogP contribution in [0.15, 0.2) is 48.7 Å². The molecule has 2 N–H and O–H groups in total. The first-order chi connectivity index (χ1) is 20.0. The van der Waals surface area contributed by atoms with Gasteiger partial charge in [-0.1, -0.05) is 35.9 Å². The molecular formula is C33H36ClN5O2. The van der Waals surface area contributed by atoms with Gasteiger partial charge in [-0.3, -0.25) is 9.89 Å². The van der Waals surface area contributed by atoms with Crippen molar-refractivity contribution in [2.24, 2.45) is 0 Å². The number of aliphatic hydroxyl groups excluding tert-OH is 1. The molecular weight excluding hydrogens is 534 g/mol. The van der Waals surface area contributed by atoms with Crippen molar-refractivity contribution >= 4 is 28.5 Å². The zero-order valence-electron chi connectivity index (χ0n) is 23.3. The van der Waals surface area contributed by atoms with E-state index in [-0.39, 0.29) is 12.0 Å². The Balaban J connectivity index is 1.14. The number of halogens is 1. The maximum absolute atomic E-state index is 13.1. The molecule has 0 unspecified atom stereocenters. The first-order valence-corrected chi connectivity index (χ1v) is 15.4. The summed E-state index contributed by atoms with van der Waals surface area (Å²) in [5.41, 5.74) is 7.98. The molecule has 3 aliphatic rings. The van der Waals surface area contributed by atoms with Crippen LogP contribution in [0.3, 0.4) is 0 Å². The summed E-state index contributed by atoms with van der Waals surface area (Å²) in [7, 11) is 0. The fourth-order valence-corrected chi connectivity index (χ4v) is 7.16. The zero-order chi connectivity index (χ0) is 27.9. The molecule has 7 nitrogen and oxygen atoms in total. The number of pyridine rings is 1. The Morgan fingerprint density at radius 1 is 0.878 bits per heavy atom. The Labute approximate surface area is 245 Å². The topological polar surface area (TPSA) is 85.4 Å². The van der Waals surface area contributed by atoms with Gasteiger partial charge >= 0.3 is 0 Å². The maximum atomic E-state index is 13.1. The number of fused-ring (bicyclic) bond motifs is 2. The van der Waals surface area contributed by atoms with Gasteiger partial charge < -0.3 is 14.9 Å². The average molecular weight is 570 g/mol. The molecule has 0 saturated carbocycles. The Morgan fingerprint density at radius 2 is 1.63 bits per heavy atom. The highest BCUT2D eigenvalue weighted by Crippen LogP contribution is 2.34. The van der Waals surface area contributed by atoms with Gasteiger partial charge in [0.2, 0.25) is 0 Å². The van der Waals surface area contributed by atoms with E-state index < -0.39 is 0 Å². The second kappa shape index (κ2) is 11.2. The van der Waals surface area contributed by atoms with Crippen molar-refractivity contribution in [3.63, 3.8) is 0 Å². The van der Waals surface area contributed by atoms with E-state index in [1.54, 1.807) is 11.0 Å². The molecule has 0 bridgehead atoms. The normalized spacial score (nSPS) is 20.3. The molecule has 212 valence electrons. The van der Waals surface area contributed by atoms with Crippen molar-refractivity contribution in [2.75, 3.05) is 26.2 Å². The van der Waals surface area contributed by atoms with E-state index in [1.165, 1.54) is 55.5 Å². The van der Waals surface area contributed by atoms with Gasteiger partial charge in [0.15, 0.2) is 5.65 Å². The number of aliphatic hydroxyl groups is 1. The number of benzene rings is 2. The van der Waals surface area contributed by atoms with Crippen LogP contribution in [0.1, 0.15) is 60.0 Å². The van der Waals surface area contributed by atoms with Crippen LogP contribution in [0.25, 0.3) is 33.4 Å². The van der Waals surface area contributed by atoms with Crippen LogP contribution in [0, 0.1) is 0 Å². The van der Waals surface area contributed by atoms with Gasteiger partial charge in [-0.25, -0.2) is 4.98 Å². The number of carbonyl (C=O) groups excluding carboxylic acids is 1. The maximum Gasteiger partial charge on any atom is 0.255 e. The molecule has 7 rings (SSSR count). The zero-order valence-corrected chi connectivity index (χ0v) is 24.0. The number of nitrogens with zero attached hydrogens (tertiary/aromatic N) is 4. The van der Waals surface area contributed by atoms with E-state index in [0.29, 0.717) is 42.6 Å². The van der Waals surface area contributed by atoms with Gasteiger partial charge in [0.05, 0.1) is 16.7 Å². The summed E-state index contributed by atoms with van der Waals surface area (Å²) >= 11 is 6.65. The lowest BCUT2D eigenvalue weighted by Crippen LogP contribution is -2.40. The second-order valence-corrected chi connectivity index (χ2v) is 12.3. The van der Waals surface area contributed by atoms with Crippen LogP contribution in [0.4, 0.5) is 0 Å². The third-order valence-corrected chi connectivity index (χ3v) is 9.64. The van der Waals surface area contributed by atoms with Crippen LogP contribution in [-0.4, -0.2) is 74.3 Å². The molecule has 2 aliphatic heterocycles. The fraction of sp³-hybridized carbons (Fsp3) is 0.424. The molecule has 41 heavy (non-hydrogen) atoms. The average Bonchev–Trinajstić information content (AvgIpc) is 3.63. The highest BCUT2D eigenvalue weighted by molar-refractivity contribution is 6.34. The lowest BCUT2D eigenvalue weighted by atomic mass is 9.96. The van der Waals surface area contributed by atoms with Gasteiger partial charge in [-0.15, -0.1) is 0 Å². The number of carbonyl (C=O) groups is 1. The van der Waals surface area contributed by atoms with E-state index in [9.17, 15) is 9.90 Å². The highest BCUT2D eigenvalue weighted by Gasteiger charge is 2.26. The Kier molecular flexibility index (Phi) is 7.27. The monoisotopic (exact) mass is 569 g/mol. The van der Waals surface area contributed by atoms with Crippen molar-refractivity contribution in [2.45, 2.75) is 63.5 Å². The van der Waals surface area contributed by atoms with Crippen molar-refractivity contribution in [3.8, 4) is 22.4 Å². The summed E-state index contributed by atoms with van der Waals surface area (Å²) in [6.45, 7) is 3.61.